The van der Waals surface area contributed by atoms with Gasteiger partial charge in [0.2, 0.25) is 0 Å². The van der Waals surface area contributed by atoms with E-state index in [1.807, 2.05) is 6.07 Å². The zero-order chi connectivity index (χ0) is 10.8. The van der Waals surface area contributed by atoms with E-state index in [0.717, 1.165) is 6.54 Å². The average molecular weight is 210 g/mol. The zero-order valence-corrected chi connectivity index (χ0v) is 8.98. The van der Waals surface area contributed by atoms with Crippen molar-refractivity contribution in [2.75, 3.05) is 17.2 Å². The second kappa shape index (κ2) is 3.89. The predicted molar refractivity (Wildman–Crippen MR) is 67.7 cm³/mol. The highest BCUT2D eigenvalue weighted by atomic mass is 15.1. The first-order valence-corrected chi connectivity index (χ1v) is 5.58. The third kappa shape index (κ3) is 1.63. The summed E-state index contributed by atoms with van der Waals surface area (Å²) in [6, 6.07) is 19.2. The van der Waals surface area contributed by atoms with Crippen molar-refractivity contribution in [3.8, 4) is 0 Å². The van der Waals surface area contributed by atoms with Crippen molar-refractivity contribution in [1.82, 2.24) is 0 Å². The number of nitrogens with one attached hydrogen (secondary N) is 2. The molecule has 0 spiro atoms. The normalized spacial score (nSPS) is 18.1. The average Bonchev–Trinajstić information content (AvgIpc) is 2.39. The third-order valence-corrected chi connectivity index (χ3v) is 2.96. The van der Waals surface area contributed by atoms with Crippen LogP contribution in [0.1, 0.15) is 11.6 Å². The summed E-state index contributed by atoms with van der Waals surface area (Å²) in [5, 5.41) is 7.00. The van der Waals surface area contributed by atoms with Gasteiger partial charge in [-0.25, -0.2) is 0 Å². The quantitative estimate of drug-likeness (QED) is 0.755. The van der Waals surface area contributed by atoms with Crippen LogP contribution in [0.25, 0.3) is 0 Å². The molecule has 0 aliphatic carbocycles. The zero-order valence-electron chi connectivity index (χ0n) is 8.98. The van der Waals surface area contributed by atoms with Crippen molar-refractivity contribution in [3.63, 3.8) is 0 Å². The van der Waals surface area contributed by atoms with Gasteiger partial charge in [0.25, 0.3) is 0 Å². The number of benzene rings is 2. The molecule has 0 amide bonds. The molecule has 2 nitrogen and oxygen atoms in total. The van der Waals surface area contributed by atoms with Crippen LogP contribution in [0.15, 0.2) is 54.6 Å². The van der Waals surface area contributed by atoms with E-state index in [9.17, 15) is 0 Å². The van der Waals surface area contributed by atoms with Gasteiger partial charge in [-0.3, -0.25) is 0 Å². The highest BCUT2D eigenvalue weighted by Crippen LogP contribution is 2.30. The second-order valence-corrected chi connectivity index (χ2v) is 4.03. The van der Waals surface area contributed by atoms with Crippen LogP contribution >= 0.6 is 0 Å². The van der Waals surface area contributed by atoms with Crippen LogP contribution in [-0.2, 0) is 0 Å². The Bertz CT molecular complexity index is 479. The lowest BCUT2D eigenvalue weighted by Crippen LogP contribution is -2.25. The first-order valence-electron chi connectivity index (χ1n) is 5.58. The van der Waals surface area contributed by atoms with E-state index < -0.39 is 0 Å². The standard InChI is InChI=1S/C14H14N2/c1-2-6-11(7-3-1)14-10-15-12-8-4-5-9-13(12)16-14/h1-9,14-16H,10H2. The van der Waals surface area contributed by atoms with Crippen LogP contribution < -0.4 is 10.6 Å². The lowest BCUT2D eigenvalue weighted by molar-refractivity contribution is 0.804. The molecule has 3 rings (SSSR count). The Morgan fingerprint density at radius 3 is 2.31 bits per heavy atom. The molecule has 80 valence electrons. The summed E-state index contributed by atoms with van der Waals surface area (Å²) in [6.07, 6.45) is 0. The molecule has 2 aromatic rings. The minimum Gasteiger partial charge on any atom is -0.381 e. The Kier molecular flexibility index (Phi) is 2.26. The minimum absolute atomic E-state index is 0.357. The Hall–Kier alpha value is -1.96. The smallest absolute Gasteiger partial charge is 0.0687 e. The van der Waals surface area contributed by atoms with Crippen molar-refractivity contribution in [3.05, 3.63) is 60.2 Å². The van der Waals surface area contributed by atoms with Crippen LogP contribution in [0, 0.1) is 0 Å². The second-order valence-electron chi connectivity index (χ2n) is 4.03. The summed E-state index contributed by atoms with van der Waals surface area (Å²) in [5.41, 5.74) is 3.70. The van der Waals surface area contributed by atoms with Gasteiger partial charge in [-0.15, -0.1) is 0 Å². The number of rotatable bonds is 1. The molecule has 0 aromatic heterocycles. The number of para-hydroxylation sites is 2. The van der Waals surface area contributed by atoms with E-state index in [1.165, 1.54) is 16.9 Å². The monoisotopic (exact) mass is 210 g/mol. The summed E-state index contributed by atoms with van der Waals surface area (Å²) in [5.74, 6) is 0. The van der Waals surface area contributed by atoms with Gasteiger partial charge in [-0.2, -0.15) is 0 Å². The lowest BCUT2D eigenvalue weighted by Gasteiger charge is -2.28. The van der Waals surface area contributed by atoms with Crippen LogP contribution in [0.3, 0.4) is 0 Å². The molecule has 1 aliphatic rings. The molecule has 0 bridgehead atoms. The van der Waals surface area contributed by atoms with Gasteiger partial charge in [0.15, 0.2) is 0 Å². The van der Waals surface area contributed by atoms with Gasteiger partial charge in [0, 0.05) is 6.54 Å². The van der Waals surface area contributed by atoms with E-state index in [4.69, 9.17) is 0 Å². The fourth-order valence-corrected chi connectivity index (χ4v) is 2.10. The van der Waals surface area contributed by atoms with E-state index in [0.29, 0.717) is 6.04 Å². The van der Waals surface area contributed by atoms with Crippen molar-refractivity contribution < 1.29 is 0 Å². The van der Waals surface area contributed by atoms with Crippen molar-refractivity contribution in [1.29, 1.82) is 0 Å². The van der Waals surface area contributed by atoms with Gasteiger partial charge >= 0.3 is 0 Å². The SMILES string of the molecule is c1ccc(C2CNc3ccccc3N2)cc1. The van der Waals surface area contributed by atoms with Crippen molar-refractivity contribution >= 4 is 11.4 Å². The Morgan fingerprint density at radius 2 is 1.50 bits per heavy atom. The molecule has 1 aliphatic heterocycles. The van der Waals surface area contributed by atoms with Crippen LogP contribution in [-0.4, -0.2) is 6.54 Å². The fraction of sp³-hybridized carbons (Fsp3) is 0.143. The Labute approximate surface area is 95.3 Å². The largest absolute Gasteiger partial charge is 0.381 e. The molecule has 0 saturated carbocycles. The topological polar surface area (TPSA) is 24.1 Å². The predicted octanol–water partition coefficient (Wildman–Crippen LogP) is 3.27. The Morgan fingerprint density at radius 1 is 0.812 bits per heavy atom. The molecular weight excluding hydrogens is 196 g/mol. The van der Waals surface area contributed by atoms with Gasteiger partial charge < -0.3 is 10.6 Å². The molecule has 2 N–H and O–H groups in total. The summed E-state index contributed by atoms with van der Waals surface area (Å²) in [6.45, 7) is 0.932. The van der Waals surface area contributed by atoms with Crippen LogP contribution in [0.4, 0.5) is 11.4 Å². The molecule has 16 heavy (non-hydrogen) atoms. The minimum atomic E-state index is 0.357. The molecule has 1 unspecified atom stereocenters. The lowest BCUT2D eigenvalue weighted by atomic mass is 10.0. The first kappa shape index (κ1) is 9.28. The summed E-state index contributed by atoms with van der Waals surface area (Å²) in [4.78, 5) is 0. The Balaban J connectivity index is 1.89. The number of fused-ring (bicyclic) bond motifs is 1. The maximum absolute atomic E-state index is 3.55. The maximum Gasteiger partial charge on any atom is 0.0687 e. The highest BCUT2D eigenvalue weighted by molar-refractivity contribution is 5.71. The number of hydrogen-bond donors (Lipinski definition) is 2. The first-order chi connectivity index (χ1) is 7.93. The van der Waals surface area contributed by atoms with E-state index in [1.54, 1.807) is 0 Å². The maximum atomic E-state index is 3.55. The molecule has 1 atom stereocenters. The van der Waals surface area contributed by atoms with Crippen LogP contribution in [0.2, 0.25) is 0 Å². The van der Waals surface area contributed by atoms with E-state index >= 15 is 0 Å². The van der Waals surface area contributed by atoms with Crippen molar-refractivity contribution in [2.45, 2.75) is 6.04 Å². The van der Waals surface area contributed by atoms with Crippen LogP contribution in [0.5, 0.6) is 0 Å². The van der Waals surface area contributed by atoms with Crippen molar-refractivity contribution in [2.24, 2.45) is 0 Å². The van der Waals surface area contributed by atoms with E-state index in [-0.39, 0.29) is 0 Å². The van der Waals surface area contributed by atoms with E-state index in [2.05, 4.69) is 59.2 Å². The molecule has 2 aromatic carbocycles. The fourth-order valence-electron chi connectivity index (χ4n) is 2.10. The summed E-state index contributed by atoms with van der Waals surface area (Å²) < 4.78 is 0. The molecule has 0 fully saturated rings. The number of hydrogen-bond acceptors (Lipinski definition) is 2. The summed E-state index contributed by atoms with van der Waals surface area (Å²) in [7, 11) is 0. The molecule has 0 radical (unpaired) electrons. The highest BCUT2D eigenvalue weighted by Gasteiger charge is 2.17. The van der Waals surface area contributed by atoms with Gasteiger partial charge in [-0.05, 0) is 17.7 Å². The molecular formula is C14H14N2. The summed E-state index contributed by atoms with van der Waals surface area (Å²) >= 11 is 0. The molecule has 0 saturated heterocycles. The van der Waals surface area contributed by atoms with Gasteiger partial charge in [-0.1, -0.05) is 42.5 Å². The third-order valence-electron chi connectivity index (χ3n) is 2.96. The molecule has 2 heteroatoms. The molecule has 1 heterocycles. The van der Waals surface area contributed by atoms with Gasteiger partial charge in [0.05, 0.1) is 17.4 Å². The van der Waals surface area contributed by atoms with Gasteiger partial charge in [0.1, 0.15) is 0 Å². The number of anilines is 2.